The van der Waals surface area contributed by atoms with Gasteiger partial charge in [-0.15, -0.1) is 0 Å². The third-order valence-electron chi connectivity index (χ3n) is 0.737. The van der Waals surface area contributed by atoms with Crippen LogP contribution in [0.5, 0.6) is 0 Å². The van der Waals surface area contributed by atoms with Crippen molar-refractivity contribution in [1.82, 2.24) is 5.43 Å². The molecule has 0 radical (unpaired) electrons. The highest BCUT2D eigenvalue weighted by Gasteiger charge is 1.95. The lowest BCUT2D eigenvalue weighted by atomic mass is 10.5. The Morgan fingerprint density at radius 3 is 3.00 bits per heavy atom. The van der Waals surface area contributed by atoms with Gasteiger partial charge in [0.15, 0.2) is 0 Å². The van der Waals surface area contributed by atoms with Crippen molar-refractivity contribution in [2.75, 3.05) is 12.0 Å². The fourth-order valence-corrected chi connectivity index (χ4v) is 0.728. The molecule has 0 spiro atoms. The standard InChI is InChI=1S/C5H10N2OS/c1-6-7-5(8)3-4-9-2/h1,3-4H2,2H3,(H,7,8). The average molecular weight is 146 g/mol. The summed E-state index contributed by atoms with van der Waals surface area (Å²) in [5.41, 5.74) is 2.24. The Morgan fingerprint density at radius 1 is 1.89 bits per heavy atom. The lowest BCUT2D eigenvalue weighted by molar-refractivity contribution is -0.120. The van der Waals surface area contributed by atoms with Gasteiger partial charge in [-0.25, -0.2) is 5.43 Å². The first-order valence-electron chi connectivity index (χ1n) is 2.54. The summed E-state index contributed by atoms with van der Waals surface area (Å²) in [4.78, 5) is 10.5. The third-order valence-corrected chi connectivity index (χ3v) is 1.35. The lowest BCUT2D eigenvalue weighted by Crippen LogP contribution is -2.16. The number of hydrogen-bond donors (Lipinski definition) is 1. The molecule has 0 heterocycles. The van der Waals surface area contributed by atoms with E-state index in [2.05, 4.69) is 17.2 Å². The number of thioether (sulfide) groups is 1. The Bertz CT molecular complexity index is 105. The van der Waals surface area contributed by atoms with Crippen LogP contribution in [0.4, 0.5) is 0 Å². The van der Waals surface area contributed by atoms with Crippen LogP contribution in [-0.2, 0) is 4.79 Å². The van der Waals surface area contributed by atoms with Gasteiger partial charge >= 0.3 is 0 Å². The molecule has 0 bridgehead atoms. The topological polar surface area (TPSA) is 41.5 Å². The first-order valence-corrected chi connectivity index (χ1v) is 3.94. The Kier molecular flexibility index (Phi) is 5.30. The summed E-state index contributed by atoms with van der Waals surface area (Å²) in [7, 11) is 0. The predicted octanol–water partition coefficient (Wildman–Crippen LogP) is 0.471. The van der Waals surface area contributed by atoms with E-state index in [0.29, 0.717) is 6.42 Å². The molecular formula is C5H10N2OS. The molecule has 0 aliphatic heterocycles. The molecule has 4 heteroatoms. The van der Waals surface area contributed by atoms with Gasteiger partial charge in [0, 0.05) is 18.9 Å². The maximum atomic E-state index is 10.5. The fraction of sp³-hybridized carbons (Fsp3) is 0.600. The van der Waals surface area contributed by atoms with Gasteiger partial charge in [0.25, 0.3) is 0 Å². The van der Waals surface area contributed by atoms with Crippen LogP contribution in [-0.4, -0.2) is 24.6 Å². The lowest BCUT2D eigenvalue weighted by Gasteiger charge is -1.94. The van der Waals surface area contributed by atoms with E-state index in [1.807, 2.05) is 6.26 Å². The quantitative estimate of drug-likeness (QED) is 0.462. The number of rotatable bonds is 4. The van der Waals surface area contributed by atoms with Crippen molar-refractivity contribution in [3.05, 3.63) is 0 Å². The molecule has 0 aromatic rings. The number of carbonyl (C=O) groups is 1. The first-order chi connectivity index (χ1) is 4.31. The monoisotopic (exact) mass is 146 g/mol. The van der Waals surface area contributed by atoms with Gasteiger partial charge in [-0.2, -0.15) is 16.9 Å². The van der Waals surface area contributed by atoms with Crippen molar-refractivity contribution in [2.24, 2.45) is 5.10 Å². The summed E-state index contributed by atoms with van der Waals surface area (Å²) in [5.74, 6) is 0.765. The maximum Gasteiger partial charge on any atom is 0.240 e. The van der Waals surface area contributed by atoms with Gasteiger partial charge in [-0.3, -0.25) is 4.79 Å². The van der Waals surface area contributed by atoms with Gasteiger partial charge in [0.2, 0.25) is 5.91 Å². The first kappa shape index (κ1) is 8.49. The van der Waals surface area contributed by atoms with E-state index < -0.39 is 0 Å². The van der Waals surface area contributed by atoms with Crippen LogP contribution in [0.1, 0.15) is 6.42 Å². The van der Waals surface area contributed by atoms with Gasteiger partial charge in [-0.05, 0) is 6.26 Å². The molecule has 0 fully saturated rings. The summed E-state index contributed by atoms with van der Waals surface area (Å²) in [6.07, 6.45) is 2.47. The molecule has 0 aromatic carbocycles. The molecule has 0 rings (SSSR count). The van der Waals surface area contributed by atoms with Crippen molar-refractivity contribution < 1.29 is 4.79 Å². The predicted molar refractivity (Wildman–Crippen MR) is 40.7 cm³/mol. The highest BCUT2D eigenvalue weighted by molar-refractivity contribution is 7.98. The number of carbonyl (C=O) groups excluding carboxylic acids is 1. The summed E-state index contributed by atoms with van der Waals surface area (Å²) >= 11 is 1.63. The minimum atomic E-state index is -0.0700. The Balaban J connectivity index is 3.16. The van der Waals surface area contributed by atoms with Crippen LogP contribution in [0.15, 0.2) is 5.10 Å². The normalized spacial score (nSPS) is 8.56. The van der Waals surface area contributed by atoms with Crippen LogP contribution in [0, 0.1) is 0 Å². The van der Waals surface area contributed by atoms with Crippen molar-refractivity contribution in [2.45, 2.75) is 6.42 Å². The van der Waals surface area contributed by atoms with Gasteiger partial charge in [0.05, 0.1) is 0 Å². The Morgan fingerprint density at radius 2 is 2.56 bits per heavy atom. The second-order valence-electron chi connectivity index (χ2n) is 1.44. The van der Waals surface area contributed by atoms with Gasteiger partial charge in [0.1, 0.15) is 0 Å². The largest absolute Gasteiger partial charge is 0.273 e. The summed E-state index contributed by atoms with van der Waals surface area (Å²) in [5, 5.41) is 3.23. The zero-order valence-electron chi connectivity index (χ0n) is 5.39. The van der Waals surface area contributed by atoms with Gasteiger partial charge in [-0.1, -0.05) is 0 Å². The highest BCUT2D eigenvalue weighted by atomic mass is 32.2. The SMILES string of the molecule is C=NNC(=O)CCSC. The molecule has 52 valence electrons. The molecular weight excluding hydrogens is 136 g/mol. The molecule has 0 aromatic heterocycles. The fourth-order valence-electron chi connectivity index (χ4n) is 0.339. The van der Waals surface area contributed by atoms with Crippen molar-refractivity contribution in [1.29, 1.82) is 0 Å². The zero-order chi connectivity index (χ0) is 7.11. The van der Waals surface area contributed by atoms with Crippen molar-refractivity contribution in [3.63, 3.8) is 0 Å². The second-order valence-corrected chi connectivity index (χ2v) is 2.42. The number of amides is 1. The molecule has 0 aliphatic rings. The van der Waals surface area contributed by atoms with Crippen molar-refractivity contribution in [3.8, 4) is 0 Å². The molecule has 1 amide bonds. The number of nitrogens with one attached hydrogen (secondary N) is 1. The van der Waals surface area contributed by atoms with Crippen LogP contribution in [0.3, 0.4) is 0 Å². The zero-order valence-corrected chi connectivity index (χ0v) is 6.20. The molecule has 3 nitrogen and oxygen atoms in total. The van der Waals surface area contributed by atoms with E-state index in [1.165, 1.54) is 0 Å². The van der Waals surface area contributed by atoms with Crippen molar-refractivity contribution >= 4 is 24.4 Å². The minimum absolute atomic E-state index is 0.0700. The average Bonchev–Trinajstić information content (AvgIpc) is 1.85. The van der Waals surface area contributed by atoms with E-state index in [1.54, 1.807) is 11.8 Å². The maximum absolute atomic E-state index is 10.5. The molecule has 1 N–H and O–H groups in total. The molecule has 0 atom stereocenters. The van der Waals surface area contributed by atoms with E-state index >= 15 is 0 Å². The van der Waals surface area contributed by atoms with E-state index in [-0.39, 0.29) is 5.91 Å². The van der Waals surface area contributed by atoms with Crippen LogP contribution in [0.2, 0.25) is 0 Å². The molecule has 0 saturated carbocycles. The summed E-state index contributed by atoms with van der Waals surface area (Å²) in [6, 6.07) is 0. The number of hydrazone groups is 1. The summed E-state index contributed by atoms with van der Waals surface area (Å²) in [6.45, 7) is 3.12. The van der Waals surface area contributed by atoms with Crippen LogP contribution < -0.4 is 5.43 Å². The number of nitrogens with zero attached hydrogens (tertiary/aromatic N) is 1. The van der Waals surface area contributed by atoms with Crippen LogP contribution in [0.25, 0.3) is 0 Å². The Labute approximate surface area is 58.9 Å². The molecule has 0 saturated heterocycles. The smallest absolute Gasteiger partial charge is 0.240 e. The van der Waals surface area contributed by atoms with Gasteiger partial charge < -0.3 is 0 Å². The second kappa shape index (κ2) is 5.62. The highest BCUT2D eigenvalue weighted by Crippen LogP contribution is 1.93. The van der Waals surface area contributed by atoms with E-state index in [0.717, 1.165) is 5.75 Å². The van der Waals surface area contributed by atoms with E-state index in [9.17, 15) is 4.79 Å². The minimum Gasteiger partial charge on any atom is -0.273 e. The van der Waals surface area contributed by atoms with Crippen LogP contribution >= 0.6 is 11.8 Å². The van der Waals surface area contributed by atoms with E-state index in [4.69, 9.17) is 0 Å². The summed E-state index contributed by atoms with van der Waals surface area (Å²) < 4.78 is 0. The number of hydrogen-bond acceptors (Lipinski definition) is 3. The third kappa shape index (κ3) is 5.36. The Hall–Kier alpha value is -0.510. The molecule has 0 unspecified atom stereocenters. The molecule has 9 heavy (non-hydrogen) atoms. The molecule has 0 aliphatic carbocycles.